The molecule has 0 fully saturated rings. The molecule has 0 spiro atoms. The van der Waals surface area contributed by atoms with Crippen LogP contribution in [0, 0.1) is 6.92 Å². The van der Waals surface area contributed by atoms with E-state index in [2.05, 4.69) is 5.16 Å². The summed E-state index contributed by atoms with van der Waals surface area (Å²) in [6.07, 6.45) is 0.0937. The van der Waals surface area contributed by atoms with Gasteiger partial charge in [-0.15, -0.1) is 0 Å². The molecule has 0 N–H and O–H groups in total. The number of ether oxygens (including phenoxy) is 1. The van der Waals surface area contributed by atoms with Crippen molar-refractivity contribution in [3.63, 3.8) is 0 Å². The van der Waals surface area contributed by atoms with Crippen LogP contribution < -0.4 is 0 Å². The van der Waals surface area contributed by atoms with Crippen molar-refractivity contribution < 1.29 is 23.6 Å². The molecule has 0 aliphatic carbocycles. The quantitative estimate of drug-likeness (QED) is 0.623. The third-order valence-electron chi connectivity index (χ3n) is 3.48. The lowest BCUT2D eigenvalue weighted by Gasteiger charge is -2.25. The molecule has 1 aromatic heterocycles. The number of carbonyl (C=O) groups is 3. The molecular formula is C16H14N2O5. The zero-order valence-electron chi connectivity index (χ0n) is 12.4. The summed E-state index contributed by atoms with van der Waals surface area (Å²) in [5.41, 5.74) is 1.78. The number of aromatic nitrogens is 1. The Bertz CT molecular complexity index is 780. The Balaban J connectivity index is 1.64. The van der Waals surface area contributed by atoms with Crippen LogP contribution in [0.1, 0.15) is 27.4 Å². The topological polar surface area (TPSA) is 89.7 Å². The van der Waals surface area contributed by atoms with Crippen molar-refractivity contribution in [1.29, 1.82) is 0 Å². The van der Waals surface area contributed by atoms with Crippen LogP contribution in [-0.4, -0.2) is 34.4 Å². The lowest BCUT2D eigenvalue weighted by molar-refractivity contribution is -0.149. The second kappa shape index (κ2) is 6.04. The minimum absolute atomic E-state index is 0.0908. The monoisotopic (exact) mass is 314 g/mol. The molecule has 1 aromatic carbocycles. The molecule has 1 aliphatic rings. The average Bonchev–Trinajstić information content (AvgIpc) is 2.95. The number of hydrogen-bond donors (Lipinski definition) is 0. The normalized spacial score (nSPS) is 13.9. The predicted octanol–water partition coefficient (Wildman–Crippen LogP) is 1.25. The highest BCUT2D eigenvalue weighted by Gasteiger charge is 2.32. The van der Waals surface area contributed by atoms with Crippen molar-refractivity contribution in [2.75, 3.05) is 6.54 Å². The van der Waals surface area contributed by atoms with E-state index in [-0.39, 0.29) is 13.0 Å². The van der Waals surface area contributed by atoms with E-state index in [1.165, 1.54) is 0 Å². The fraction of sp³-hybridized carbons (Fsp3) is 0.250. The number of nitrogens with zero attached hydrogens (tertiary/aromatic N) is 2. The first-order valence-electron chi connectivity index (χ1n) is 7.05. The lowest BCUT2D eigenvalue weighted by Crippen LogP contribution is -2.45. The summed E-state index contributed by atoms with van der Waals surface area (Å²) in [5, 5.41) is 3.67. The number of carbonyl (C=O) groups excluding carboxylic acids is 3. The molecule has 0 radical (unpaired) electrons. The molecule has 1 aliphatic heterocycles. The van der Waals surface area contributed by atoms with Crippen LogP contribution in [0.3, 0.4) is 0 Å². The van der Waals surface area contributed by atoms with Gasteiger partial charge < -0.3 is 9.26 Å². The summed E-state index contributed by atoms with van der Waals surface area (Å²) in [6, 6.07) is 8.49. The van der Waals surface area contributed by atoms with Gasteiger partial charge in [0.05, 0.1) is 12.1 Å². The molecule has 0 saturated heterocycles. The number of rotatable bonds is 4. The Kier molecular flexibility index (Phi) is 3.92. The van der Waals surface area contributed by atoms with Crippen molar-refractivity contribution in [3.05, 3.63) is 52.9 Å². The number of hydrogen-bond acceptors (Lipinski definition) is 6. The van der Waals surface area contributed by atoms with Crippen LogP contribution in [0.5, 0.6) is 0 Å². The van der Waals surface area contributed by atoms with Gasteiger partial charge in [-0.2, -0.15) is 0 Å². The van der Waals surface area contributed by atoms with Gasteiger partial charge in [0, 0.05) is 11.6 Å². The second-order valence-electron chi connectivity index (χ2n) is 5.21. The van der Waals surface area contributed by atoms with E-state index < -0.39 is 24.3 Å². The molecular weight excluding hydrogens is 300 g/mol. The van der Waals surface area contributed by atoms with Gasteiger partial charge in [-0.05, 0) is 18.6 Å². The van der Waals surface area contributed by atoms with Gasteiger partial charge in [0.15, 0.2) is 12.4 Å². The van der Waals surface area contributed by atoms with Gasteiger partial charge in [0.25, 0.3) is 5.91 Å². The van der Waals surface area contributed by atoms with E-state index in [1.54, 1.807) is 37.3 Å². The number of fused-ring (bicyclic) bond motifs is 1. The molecule has 0 bridgehead atoms. The van der Waals surface area contributed by atoms with E-state index in [4.69, 9.17) is 9.26 Å². The van der Waals surface area contributed by atoms with Crippen molar-refractivity contribution in [2.24, 2.45) is 0 Å². The third-order valence-corrected chi connectivity index (χ3v) is 3.48. The Labute approximate surface area is 131 Å². The molecule has 7 nitrogen and oxygen atoms in total. The van der Waals surface area contributed by atoms with E-state index in [1.807, 2.05) is 0 Å². The number of esters is 1. The van der Waals surface area contributed by atoms with E-state index >= 15 is 0 Å². The van der Waals surface area contributed by atoms with Crippen LogP contribution in [-0.2, 0) is 27.4 Å². The maximum absolute atomic E-state index is 12.3. The maximum Gasteiger partial charge on any atom is 0.326 e. The van der Waals surface area contributed by atoms with Crippen LogP contribution in [0.4, 0.5) is 0 Å². The number of benzene rings is 1. The van der Waals surface area contributed by atoms with Crippen molar-refractivity contribution >= 4 is 17.8 Å². The number of amides is 2. The summed E-state index contributed by atoms with van der Waals surface area (Å²) in [6.45, 7) is 1.24. The molecule has 2 amide bonds. The Hall–Kier alpha value is -2.96. The van der Waals surface area contributed by atoms with E-state index in [9.17, 15) is 14.4 Å². The molecule has 118 valence electrons. The van der Waals surface area contributed by atoms with Gasteiger partial charge in [0.1, 0.15) is 6.54 Å². The SMILES string of the molecule is Cc1cc(COC(=O)CN2C(=O)Cc3ccccc3C2=O)on1. The molecule has 23 heavy (non-hydrogen) atoms. The smallest absolute Gasteiger partial charge is 0.326 e. The molecule has 0 atom stereocenters. The van der Waals surface area contributed by atoms with Gasteiger partial charge in [0.2, 0.25) is 5.91 Å². The highest BCUT2D eigenvalue weighted by atomic mass is 16.5. The third kappa shape index (κ3) is 3.13. The minimum atomic E-state index is -0.680. The van der Waals surface area contributed by atoms with Gasteiger partial charge in [-0.25, -0.2) is 0 Å². The first kappa shape index (κ1) is 15.0. The fourth-order valence-electron chi connectivity index (χ4n) is 2.37. The Morgan fingerprint density at radius 3 is 2.87 bits per heavy atom. The van der Waals surface area contributed by atoms with Gasteiger partial charge >= 0.3 is 5.97 Å². The van der Waals surface area contributed by atoms with Gasteiger partial charge in [-0.1, -0.05) is 23.4 Å². The standard InChI is InChI=1S/C16H14N2O5/c1-10-6-12(23-17-10)9-22-15(20)8-18-14(19)7-11-4-2-3-5-13(11)16(18)21/h2-6H,7-9H2,1H3. The van der Waals surface area contributed by atoms with Crippen molar-refractivity contribution in [1.82, 2.24) is 10.1 Å². The average molecular weight is 314 g/mol. The second-order valence-corrected chi connectivity index (χ2v) is 5.21. The zero-order chi connectivity index (χ0) is 16.4. The molecule has 2 aromatic rings. The lowest BCUT2D eigenvalue weighted by atomic mass is 9.98. The van der Waals surface area contributed by atoms with E-state index in [0.717, 1.165) is 4.90 Å². The molecule has 2 heterocycles. The first-order valence-corrected chi connectivity index (χ1v) is 7.05. The Morgan fingerprint density at radius 2 is 2.13 bits per heavy atom. The van der Waals surface area contributed by atoms with Crippen LogP contribution in [0.2, 0.25) is 0 Å². The Morgan fingerprint density at radius 1 is 1.35 bits per heavy atom. The molecule has 7 heteroatoms. The summed E-state index contributed by atoms with van der Waals surface area (Å²) >= 11 is 0. The summed E-state index contributed by atoms with van der Waals surface area (Å²) in [4.78, 5) is 37.1. The highest BCUT2D eigenvalue weighted by Crippen LogP contribution is 2.19. The molecule has 0 saturated carbocycles. The molecule has 3 rings (SSSR count). The van der Waals surface area contributed by atoms with E-state index in [0.29, 0.717) is 22.6 Å². The highest BCUT2D eigenvalue weighted by molar-refractivity contribution is 6.11. The van der Waals surface area contributed by atoms with Crippen LogP contribution in [0.15, 0.2) is 34.9 Å². The van der Waals surface area contributed by atoms with Crippen LogP contribution in [0.25, 0.3) is 0 Å². The van der Waals surface area contributed by atoms with Crippen molar-refractivity contribution in [3.8, 4) is 0 Å². The predicted molar refractivity (Wildman–Crippen MR) is 77.2 cm³/mol. The largest absolute Gasteiger partial charge is 0.456 e. The summed E-state index contributed by atoms with van der Waals surface area (Å²) < 4.78 is 9.93. The zero-order valence-corrected chi connectivity index (χ0v) is 12.4. The summed E-state index contributed by atoms with van der Waals surface area (Å²) in [7, 11) is 0. The van der Waals surface area contributed by atoms with Crippen molar-refractivity contribution in [2.45, 2.75) is 20.0 Å². The summed E-state index contributed by atoms with van der Waals surface area (Å²) in [5.74, 6) is -1.18. The minimum Gasteiger partial charge on any atom is -0.456 e. The first-order chi connectivity index (χ1) is 11.0. The number of imide groups is 1. The number of aryl methyl sites for hydroxylation is 1. The fourth-order valence-corrected chi connectivity index (χ4v) is 2.37. The molecule has 0 unspecified atom stereocenters. The van der Waals surface area contributed by atoms with Crippen LogP contribution >= 0.6 is 0 Å². The van der Waals surface area contributed by atoms with Gasteiger partial charge in [-0.3, -0.25) is 19.3 Å². The maximum atomic E-state index is 12.3.